The lowest BCUT2D eigenvalue weighted by Crippen LogP contribution is -2.31. The largest absolute Gasteiger partial charge is 0.486 e. The standard InChI is InChI=1S/C24H26Cl2N6O/c1-14-23(26)22(20(25)12-27-14)15(2)33-18-4-5-21-19(10-18)24(30-29-21)16-11-28-32(13-16)17-6-8-31(3)9-7-17/h4-5,10-13,15,17H,6-9H2,1-3H3,(H,29,30)/t15-/m1/s1. The van der Waals surface area contributed by atoms with Gasteiger partial charge in [0.2, 0.25) is 0 Å². The van der Waals surface area contributed by atoms with Crippen LogP contribution in [-0.2, 0) is 0 Å². The molecular formula is C24H26Cl2N6O. The van der Waals surface area contributed by atoms with Crippen molar-refractivity contribution in [1.82, 2.24) is 29.9 Å². The maximum atomic E-state index is 6.46. The summed E-state index contributed by atoms with van der Waals surface area (Å²) in [7, 11) is 2.17. The number of aromatic amines is 1. The van der Waals surface area contributed by atoms with Crippen LogP contribution in [0.25, 0.3) is 22.2 Å². The maximum absolute atomic E-state index is 6.46. The van der Waals surface area contributed by atoms with Crippen molar-refractivity contribution in [3.05, 3.63) is 58.1 Å². The molecule has 9 heteroatoms. The van der Waals surface area contributed by atoms with Crippen LogP contribution < -0.4 is 4.74 Å². The van der Waals surface area contributed by atoms with Gasteiger partial charge >= 0.3 is 0 Å². The Hall–Kier alpha value is -2.61. The first-order valence-corrected chi connectivity index (χ1v) is 11.8. The Balaban J connectivity index is 1.41. The van der Waals surface area contributed by atoms with Gasteiger partial charge in [-0.3, -0.25) is 14.8 Å². The highest BCUT2D eigenvalue weighted by molar-refractivity contribution is 6.36. The second kappa shape index (κ2) is 8.97. The summed E-state index contributed by atoms with van der Waals surface area (Å²) in [4.78, 5) is 6.56. The number of pyridine rings is 1. The van der Waals surface area contributed by atoms with Gasteiger partial charge in [-0.2, -0.15) is 10.2 Å². The van der Waals surface area contributed by atoms with E-state index in [1.54, 1.807) is 6.20 Å². The topological polar surface area (TPSA) is 71.9 Å². The Labute approximate surface area is 202 Å². The van der Waals surface area contributed by atoms with Crippen LogP contribution in [0, 0.1) is 6.92 Å². The highest BCUT2D eigenvalue weighted by atomic mass is 35.5. The lowest BCUT2D eigenvalue weighted by molar-refractivity contribution is 0.212. The number of nitrogens with one attached hydrogen (secondary N) is 1. The summed E-state index contributed by atoms with van der Waals surface area (Å²) in [5.74, 6) is 0.710. The second-order valence-electron chi connectivity index (χ2n) is 8.70. The summed E-state index contributed by atoms with van der Waals surface area (Å²) >= 11 is 12.8. The normalized spacial score (nSPS) is 16.4. The molecule has 4 heterocycles. The summed E-state index contributed by atoms with van der Waals surface area (Å²) in [6.07, 6.45) is 7.47. The van der Waals surface area contributed by atoms with Crippen LogP contribution in [0.2, 0.25) is 10.0 Å². The molecule has 0 aliphatic carbocycles. The Morgan fingerprint density at radius 2 is 1.97 bits per heavy atom. The number of rotatable bonds is 5. The fourth-order valence-electron chi connectivity index (χ4n) is 4.42. The molecule has 0 radical (unpaired) electrons. The van der Waals surface area contributed by atoms with Crippen LogP contribution in [0.5, 0.6) is 5.75 Å². The Bertz CT molecular complexity index is 1290. The Kier molecular flexibility index (Phi) is 6.03. The zero-order chi connectivity index (χ0) is 23.1. The molecule has 33 heavy (non-hydrogen) atoms. The van der Waals surface area contributed by atoms with E-state index < -0.39 is 0 Å². The maximum Gasteiger partial charge on any atom is 0.124 e. The van der Waals surface area contributed by atoms with Gasteiger partial charge < -0.3 is 9.64 Å². The molecule has 0 saturated carbocycles. The average molecular weight is 485 g/mol. The smallest absolute Gasteiger partial charge is 0.124 e. The molecule has 5 rings (SSSR count). The van der Waals surface area contributed by atoms with E-state index in [-0.39, 0.29) is 6.10 Å². The van der Waals surface area contributed by atoms with Crippen molar-refractivity contribution in [2.24, 2.45) is 0 Å². The molecule has 1 saturated heterocycles. The number of benzene rings is 1. The third kappa shape index (κ3) is 4.33. The van der Waals surface area contributed by atoms with E-state index in [1.165, 1.54) is 0 Å². The molecule has 0 amide bonds. The number of hydrogen-bond donors (Lipinski definition) is 1. The quantitative estimate of drug-likeness (QED) is 0.384. The number of aromatic nitrogens is 5. The van der Waals surface area contributed by atoms with Gasteiger partial charge in [-0.05, 0) is 65.0 Å². The van der Waals surface area contributed by atoms with Crippen LogP contribution >= 0.6 is 23.2 Å². The number of halogens is 2. The van der Waals surface area contributed by atoms with E-state index in [0.717, 1.165) is 59.3 Å². The number of H-pyrrole nitrogens is 1. The minimum Gasteiger partial charge on any atom is -0.486 e. The van der Waals surface area contributed by atoms with E-state index >= 15 is 0 Å². The number of aryl methyl sites for hydroxylation is 1. The van der Waals surface area contributed by atoms with E-state index in [1.807, 2.05) is 38.2 Å². The van der Waals surface area contributed by atoms with Crippen molar-refractivity contribution in [3.63, 3.8) is 0 Å². The zero-order valence-electron chi connectivity index (χ0n) is 18.8. The van der Waals surface area contributed by atoms with Gasteiger partial charge in [-0.25, -0.2) is 0 Å². The van der Waals surface area contributed by atoms with Gasteiger partial charge in [0, 0.05) is 28.9 Å². The van der Waals surface area contributed by atoms with Crippen molar-refractivity contribution in [1.29, 1.82) is 0 Å². The molecule has 0 unspecified atom stereocenters. The summed E-state index contributed by atoms with van der Waals surface area (Å²) in [6.45, 7) is 5.97. The molecule has 1 aliphatic rings. The van der Waals surface area contributed by atoms with Crippen molar-refractivity contribution >= 4 is 34.1 Å². The van der Waals surface area contributed by atoms with Crippen molar-refractivity contribution in [3.8, 4) is 17.0 Å². The van der Waals surface area contributed by atoms with Crippen molar-refractivity contribution < 1.29 is 4.74 Å². The molecule has 4 aromatic rings. The fraction of sp³-hybridized carbons (Fsp3) is 0.375. The van der Waals surface area contributed by atoms with Gasteiger partial charge in [0.1, 0.15) is 17.5 Å². The predicted octanol–water partition coefficient (Wildman–Crippen LogP) is 5.84. The highest BCUT2D eigenvalue weighted by Gasteiger charge is 2.21. The number of hydrogen-bond acceptors (Lipinski definition) is 5. The predicted molar refractivity (Wildman–Crippen MR) is 131 cm³/mol. The first-order chi connectivity index (χ1) is 15.9. The summed E-state index contributed by atoms with van der Waals surface area (Å²) in [6, 6.07) is 6.31. The van der Waals surface area contributed by atoms with Crippen molar-refractivity contribution in [2.45, 2.75) is 38.8 Å². The number of nitrogens with zero attached hydrogens (tertiary/aromatic N) is 5. The molecule has 1 atom stereocenters. The van der Waals surface area contributed by atoms with Crippen LogP contribution in [0.3, 0.4) is 0 Å². The molecule has 172 valence electrons. The zero-order valence-corrected chi connectivity index (χ0v) is 20.4. The molecule has 0 spiro atoms. The van der Waals surface area contributed by atoms with Crippen LogP contribution in [0.15, 0.2) is 36.8 Å². The molecule has 1 aromatic carbocycles. The first-order valence-electron chi connectivity index (χ1n) is 11.1. The van der Waals surface area contributed by atoms with E-state index in [2.05, 4.69) is 43.1 Å². The SMILES string of the molecule is Cc1ncc(Cl)c([C@@H](C)Oc2ccc3[nH]nc(-c4cnn(C5CCN(C)CC5)c4)c3c2)c1Cl. The van der Waals surface area contributed by atoms with Gasteiger partial charge in [0.05, 0.1) is 33.5 Å². The van der Waals surface area contributed by atoms with Crippen LogP contribution in [-0.4, -0.2) is 50.0 Å². The molecule has 1 aliphatic heterocycles. The van der Waals surface area contributed by atoms with E-state index in [9.17, 15) is 0 Å². The molecule has 3 aromatic heterocycles. The summed E-state index contributed by atoms with van der Waals surface area (Å²) in [5, 5.41) is 14.3. The van der Waals surface area contributed by atoms with Gasteiger partial charge in [-0.1, -0.05) is 23.2 Å². The van der Waals surface area contributed by atoms with Gasteiger partial charge in [0.15, 0.2) is 0 Å². The highest BCUT2D eigenvalue weighted by Crippen LogP contribution is 2.36. The Morgan fingerprint density at radius 3 is 2.76 bits per heavy atom. The minimum absolute atomic E-state index is 0.341. The number of ether oxygens (including phenoxy) is 1. The lowest BCUT2D eigenvalue weighted by Gasteiger charge is -2.28. The lowest BCUT2D eigenvalue weighted by atomic mass is 10.1. The van der Waals surface area contributed by atoms with Crippen LogP contribution in [0.4, 0.5) is 0 Å². The Morgan fingerprint density at radius 1 is 1.18 bits per heavy atom. The molecular weight excluding hydrogens is 459 g/mol. The first kappa shape index (κ1) is 22.2. The monoisotopic (exact) mass is 484 g/mol. The minimum atomic E-state index is -0.341. The number of piperidine rings is 1. The molecule has 1 N–H and O–H groups in total. The third-order valence-electron chi connectivity index (χ3n) is 6.37. The molecule has 1 fully saturated rings. The fourth-order valence-corrected chi connectivity index (χ4v) is 5.07. The average Bonchev–Trinajstić information content (AvgIpc) is 3.44. The summed E-state index contributed by atoms with van der Waals surface area (Å²) in [5.41, 5.74) is 4.24. The molecule has 0 bridgehead atoms. The van der Waals surface area contributed by atoms with E-state index in [4.69, 9.17) is 27.9 Å². The molecule has 7 nitrogen and oxygen atoms in total. The third-order valence-corrected chi connectivity index (χ3v) is 7.15. The van der Waals surface area contributed by atoms with Crippen molar-refractivity contribution in [2.75, 3.05) is 20.1 Å². The number of likely N-dealkylation sites (tertiary alicyclic amines) is 1. The van der Waals surface area contributed by atoms with Gasteiger partial charge in [0.25, 0.3) is 0 Å². The van der Waals surface area contributed by atoms with Crippen LogP contribution in [0.1, 0.15) is 43.2 Å². The van der Waals surface area contributed by atoms with Gasteiger partial charge in [-0.15, -0.1) is 0 Å². The second-order valence-corrected chi connectivity index (χ2v) is 9.49. The summed E-state index contributed by atoms with van der Waals surface area (Å²) < 4.78 is 8.32. The van der Waals surface area contributed by atoms with E-state index in [0.29, 0.717) is 21.8 Å². The number of fused-ring (bicyclic) bond motifs is 1.